The minimum absolute atomic E-state index is 0.0285. The third kappa shape index (κ3) is 1.52. The molecule has 0 aromatic carbocycles. The molecule has 1 amide bonds. The molecule has 0 aromatic rings. The predicted octanol–water partition coefficient (Wildman–Crippen LogP) is 1.11. The van der Waals surface area contributed by atoms with Crippen molar-refractivity contribution in [2.24, 2.45) is 5.41 Å². The van der Waals surface area contributed by atoms with E-state index in [0.717, 1.165) is 6.42 Å². The molecule has 1 unspecified atom stereocenters. The number of amides is 1. The number of rotatable bonds is 1. The molecule has 16 heavy (non-hydrogen) atoms. The van der Waals surface area contributed by atoms with Crippen molar-refractivity contribution in [1.29, 1.82) is 0 Å². The second-order valence-electron chi connectivity index (χ2n) is 5.13. The summed E-state index contributed by atoms with van der Waals surface area (Å²) < 4.78 is 4.77. The maximum atomic E-state index is 11.8. The highest BCUT2D eigenvalue weighted by Gasteiger charge is 2.51. The standard InChI is InChI=1S/C12H17NO3/c1-12(2)7-8(11(15)16-3)13-9(12)5-4-6-10(13)14/h4,6,8-9H,5,7H2,1-3H3/t8-,9?/m0/s1. The SMILES string of the molecule is COC(=O)[C@@H]1CC(C)(C)C2CC=CC(=O)N21. The third-order valence-electron chi connectivity index (χ3n) is 3.64. The van der Waals surface area contributed by atoms with Crippen molar-refractivity contribution in [2.75, 3.05) is 7.11 Å². The van der Waals surface area contributed by atoms with Crippen LogP contribution < -0.4 is 0 Å². The lowest BCUT2D eigenvalue weighted by molar-refractivity contribution is -0.150. The van der Waals surface area contributed by atoms with Gasteiger partial charge in [0.05, 0.1) is 7.11 Å². The number of nitrogens with zero attached hydrogens (tertiary/aromatic N) is 1. The molecule has 0 spiro atoms. The molecule has 0 radical (unpaired) electrons. The normalized spacial score (nSPS) is 31.4. The van der Waals surface area contributed by atoms with Gasteiger partial charge in [0.15, 0.2) is 0 Å². The summed E-state index contributed by atoms with van der Waals surface area (Å²) >= 11 is 0. The first-order valence-electron chi connectivity index (χ1n) is 5.54. The van der Waals surface area contributed by atoms with Crippen LogP contribution in [0.1, 0.15) is 26.7 Å². The Kier molecular flexibility index (Phi) is 2.52. The molecule has 1 saturated heterocycles. The van der Waals surface area contributed by atoms with E-state index in [9.17, 15) is 9.59 Å². The first kappa shape index (κ1) is 11.2. The number of fused-ring (bicyclic) bond motifs is 1. The third-order valence-corrected chi connectivity index (χ3v) is 3.64. The fraction of sp³-hybridized carbons (Fsp3) is 0.667. The smallest absolute Gasteiger partial charge is 0.328 e. The molecule has 2 aliphatic rings. The van der Waals surface area contributed by atoms with Gasteiger partial charge in [-0.3, -0.25) is 4.79 Å². The summed E-state index contributed by atoms with van der Waals surface area (Å²) in [5.41, 5.74) is -0.0285. The van der Waals surface area contributed by atoms with Gasteiger partial charge in [-0.15, -0.1) is 0 Å². The monoisotopic (exact) mass is 223 g/mol. The largest absolute Gasteiger partial charge is 0.467 e. The van der Waals surface area contributed by atoms with Crippen LogP contribution in [-0.2, 0) is 14.3 Å². The lowest BCUT2D eigenvalue weighted by Gasteiger charge is -2.34. The van der Waals surface area contributed by atoms with Crippen molar-refractivity contribution in [1.82, 2.24) is 4.90 Å². The van der Waals surface area contributed by atoms with Gasteiger partial charge >= 0.3 is 5.97 Å². The Labute approximate surface area is 95.2 Å². The summed E-state index contributed by atoms with van der Waals surface area (Å²) in [6, 6.07) is -0.295. The van der Waals surface area contributed by atoms with Crippen LogP contribution in [0.25, 0.3) is 0 Å². The maximum absolute atomic E-state index is 11.8. The van der Waals surface area contributed by atoms with Gasteiger partial charge in [-0.25, -0.2) is 4.79 Å². The number of carbonyl (C=O) groups is 2. The zero-order valence-electron chi connectivity index (χ0n) is 9.90. The number of ether oxygens (including phenoxy) is 1. The lowest BCUT2D eigenvalue weighted by atomic mass is 9.81. The Balaban J connectivity index is 2.34. The molecule has 2 heterocycles. The van der Waals surface area contributed by atoms with Crippen molar-refractivity contribution in [3.63, 3.8) is 0 Å². The van der Waals surface area contributed by atoms with Crippen molar-refractivity contribution < 1.29 is 14.3 Å². The first-order chi connectivity index (χ1) is 7.47. The van der Waals surface area contributed by atoms with Gasteiger partial charge in [0.25, 0.3) is 0 Å². The first-order valence-corrected chi connectivity index (χ1v) is 5.54. The zero-order chi connectivity index (χ0) is 11.9. The molecular weight excluding hydrogens is 206 g/mol. The molecule has 0 saturated carbocycles. The van der Waals surface area contributed by atoms with Crippen LogP contribution in [0.4, 0.5) is 0 Å². The summed E-state index contributed by atoms with van der Waals surface area (Å²) in [5, 5.41) is 0. The fourth-order valence-corrected chi connectivity index (χ4v) is 2.78. The molecule has 0 aliphatic carbocycles. The van der Waals surface area contributed by atoms with Gasteiger partial charge in [-0.2, -0.15) is 0 Å². The van der Waals surface area contributed by atoms with Gasteiger partial charge in [0, 0.05) is 6.04 Å². The Hall–Kier alpha value is -1.32. The van der Waals surface area contributed by atoms with Crippen molar-refractivity contribution in [2.45, 2.75) is 38.8 Å². The molecule has 88 valence electrons. The molecule has 2 atom stereocenters. The summed E-state index contributed by atoms with van der Waals surface area (Å²) in [4.78, 5) is 25.2. The maximum Gasteiger partial charge on any atom is 0.328 e. The minimum atomic E-state index is -0.414. The second kappa shape index (κ2) is 3.61. The highest BCUT2D eigenvalue weighted by atomic mass is 16.5. The second-order valence-corrected chi connectivity index (χ2v) is 5.13. The van der Waals surface area contributed by atoms with E-state index in [2.05, 4.69) is 13.8 Å². The Bertz CT molecular complexity index is 359. The number of hydrogen-bond donors (Lipinski definition) is 0. The molecule has 2 aliphatic heterocycles. The molecule has 1 fully saturated rings. The van der Waals surface area contributed by atoms with E-state index < -0.39 is 6.04 Å². The van der Waals surface area contributed by atoms with E-state index in [4.69, 9.17) is 4.74 Å². The highest BCUT2D eigenvalue weighted by molar-refractivity contribution is 5.93. The fourth-order valence-electron chi connectivity index (χ4n) is 2.78. The lowest BCUT2D eigenvalue weighted by Crippen LogP contribution is -2.47. The van der Waals surface area contributed by atoms with Crippen LogP contribution in [0.3, 0.4) is 0 Å². The number of methoxy groups -OCH3 is 1. The number of carbonyl (C=O) groups excluding carboxylic acids is 2. The number of esters is 1. The predicted molar refractivity (Wildman–Crippen MR) is 58.6 cm³/mol. The molecule has 0 N–H and O–H groups in total. The van der Waals surface area contributed by atoms with Crippen molar-refractivity contribution >= 4 is 11.9 Å². The summed E-state index contributed by atoms with van der Waals surface area (Å²) in [6.45, 7) is 4.19. The summed E-state index contributed by atoms with van der Waals surface area (Å²) in [7, 11) is 1.37. The number of hydrogen-bond acceptors (Lipinski definition) is 3. The average molecular weight is 223 g/mol. The van der Waals surface area contributed by atoms with Crippen LogP contribution in [0.2, 0.25) is 0 Å². The van der Waals surface area contributed by atoms with Crippen molar-refractivity contribution in [3.05, 3.63) is 12.2 Å². The summed E-state index contributed by atoms with van der Waals surface area (Å²) in [5.74, 6) is -0.378. The van der Waals surface area contributed by atoms with E-state index >= 15 is 0 Å². The highest BCUT2D eigenvalue weighted by Crippen LogP contribution is 2.43. The van der Waals surface area contributed by atoms with Gasteiger partial charge in [-0.05, 0) is 24.3 Å². The minimum Gasteiger partial charge on any atom is -0.467 e. The Morgan fingerprint density at radius 2 is 2.25 bits per heavy atom. The van der Waals surface area contributed by atoms with E-state index in [1.807, 2.05) is 6.08 Å². The van der Waals surface area contributed by atoms with Crippen LogP contribution >= 0.6 is 0 Å². The average Bonchev–Trinajstić information content (AvgIpc) is 2.52. The van der Waals surface area contributed by atoms with Gasteiger partial charge in [0.1, 0.15) is 6.04 Å². The summed E-state index contributed by atoms with van der Waals surface area (Å²) in [6.07, 6.45) is 4.95. The molecule has 4 heteroatoms. The van der Waals surface area contributed by atoms with Gasteiger partial charge in [0.2, 0.25) is 5.91 Å². The topological polar surface area (TPSA) is 46.6 Å². The van der Waals surface area contributed by atoms with E-state index in [1.165, 1.54) is 7.11 Å². The molecule has 2 rings (SSSR count). The zero-order valence-corrected chi connectivity index (χ0v) is 9.90. The van der Waals surface area contributed by atoms with Crippen LogP contribution in [0.5, 0.6) is 0 Å². The Morgan fingerprint density at radius 3 is 2.88 bits per heavy atom. The molecule has 4 nitrogen and oxygen atoms in total. The van der Waals surface area contributed by atoms with Crippen LogP contribution in [0, 0.1) is 5.41 Å². The van der Waals surface area contributed by atoms with Gasteiger partial charge < -0.3 is 9.64 Å². The molecular formula is C12H17NO3. The molecule has 0 aromatic heterocycles. The molecule has 0 bridgehead atoms. The Morgan fingerprint density at radius 1 is 1.56 bits per heavy atom. The van der Waals surface area contributed by atoms with Crippen LogP contribution in [0.15, 0.2) is 12.2 Å². The van der Waals surface area contributed by atoms with E-state index in [0.29, 0.717) is 6.42 Å². The van der Waals surface area contributed by atoms with Crippen LogP contribution in [-0.4, -0.2) is 36.0 Å². The van der Waals surface area contributed by atoms with E-state index in [1.54, 1.807) is 11.0 Å². The quantitative estimate of drug-likeness (QED) is 0.626. The van der Waals surface area contributed by atoms with E-state index in [-0.39, 0.29) is 23.3 Å². The van der Waals surface area contributed by atoms with Crippen molar-refractivity contribution in [3.8, 4) is 0 Å². The van der Waals surface area contributed by atoms with Gasteiger partial charge in [-0.1, -0.05) is 19.9 Å².